The molecule has 0 saturated carbocycles. The number of aromatic nitrogens is 3. The van der Waals surface area contributed by atoms with Gasteiger partial charge >= 0.3 is 0 Å². The van der Waals surface area contributed by atoms with E-state index >= 15 is 0 Å². The summed E-state index contributed by atoms with van der Waals surface area (Å²) in [5.74, 6) is 1.03. The van der Waals surface area contributed by atoms with Gasteiger partial charge in [0.2, 0.25) is 0 Å². The number of hydrogen-bond acceptors (Lipinski definition) is 4. The van der Waals surface area contributed by atoms with Crippen LogP contribution in [0.4, 0.5) is 0 Å². The molecule has 2 aromatic rings. The maximum Gasteiger partial charge on any atom is 0.197 e. The fourth-order valence-electron chi connectivity index (χ4n) is 2.71. The predicted octanol–water partition coefficient (Wildman–Crippen LogP) is 1.36. The smallest absolute Gasteiger partial charge is 0.197 e. The number of imidazole rings is 1. The Balaban J connectivity index is 1.82. The second-order valence-corrected chi connectivity index (χ2v) is 5.77. The van der Waals surface area contributed by atoms with Crippen molar-refractivity contribution in [2.45, 2.75) is 19.8 Å². The molecule has 0 radical (unpaired) electrons. The lowest BCUT2D eigenvalue weighted by molar-refractivity contribution is 0.514. The van der Waals surface area contributed by atoms with Crippen LogP contribution in [0, 0.1) is 18.3 Å². The number of aryl methyl sites for hydroxylation is 1. The minimum Gasteiger partial charge on any atom is -0.369 e. The normalized spacial score (nSPS) is 16.1. The van der Waals surface area contributed by atoms with Gasteiger partial charge in [0, 0.05) is 20.1 Å². The summed E-state index contributed by atoms with van der Waals surface area (Å²) in [6, 6.07) is 5.72. The molecular formula is C17H20N8. The van der Waals surface area contributed by atoms with Crippen molar-refractivity contribution < 1.29 is 0 Å². The maximum absolute atomic E-state index is 9.06. The van der Waals surface area contributed by atoms with E-state index in [0.29, 0.717) is 34.5 Å². The maximum atomic E-state index is 9.06. The molecule has 25 heavy (non-hydrogen) atoms. The van der Waals surface area contributed by atoms with Crippen LogP contribution in [-0.2, 0) is 0 Å². The Kier molecular flexibility index (Phi) is 4.75. The number of hydrogen-bond donors (Lipinski definition) is 1. The molecule has 3 heterocycles. The first-order chi connectivity index (χ1) is 12.1. The molecule has 0 aliphatic carbocycles. The molecule has 0 amide bonds. The van der Waals surface area contributed by atoms with E-state index in [1.54, 1.807) is 17.6 Å². The standard InChI is InChI=1S/C17H20N8/c1-12-14(11-18)21-16-8-6-13(23-25(12)16)5-7-15(20-2)22-17(19)24-9-3-4-10-24/h5-8H,3-4,9-10H2,1-2H3,(H2,19,20,22)/b7-5+. The number of amidine groups is 1. The average molecular weight is 336 g/mol. The van der Waals surface area contributed by atoms with Gasteiger partial charge in [-0.3, -0.25) is 4.99 Å². The highest BCUT2D eigenvalue weighted by Crippen LogP contribution is 2.11. The highest BCUT2D eigenvalue weighted by atomic mass is 15.3. The molecule has 8 heteroatoms. The molecule has 1 fully saturated rings. The first kappa shape index (κ1) is 16.6. The first-order valence-electron chi connectivity index (χ1n) is 8.13. The molecular weight excluding hydrogens is 316 g/mol. The number of fused-ring (bicyclic) bond motifs is 1. The van der Waals surface area contributed by atoms with E-state index in [2.05, 4.69) is 31.0 Å². The van der Waals surface area contributed by atoms with Gasteiger partial charge in [-0.05, 0) is 44.1 Å². The lowest BCUT2D eigenvalue weighted by Crippen LogP contribution is -2.35. The zero-order valence-corrected chi connectivity index (χ0v) is 14.3. The molecule has 2 aromatic heterocycles. The van der Waals surface area contributed by atoms with Crippen molar-refractivity contribution in [1.29, 1.82) is 5.26 Å². The van der Waals surface area contributed by atoms with Gasteiger partial charge in [-0.15, -0.1) is 0 Å². The molecule has 0 aromatic carbocycles. The third kappa shape index (κ3) is 3.50. The number of likely N-dealkylation sites (tertiary alicyclic amines) is 1. The van der Waals surface area contributed by atoms with Crippen LogP contribution < -0.4 is 5.73 Å². The Morgan fingerprint density at radius 2 is 2.12 bits per heavy atom. The molecule has 0 unspecified atom stereocenters. The Morgan fingerprint density at radius 1 is 1.36 bits per heavy atom. The average Bonchev–Trinajstić information content (AvgIpc) is 3.27. The second kappa shape index (κ2) is 7.13. The van der Waals surface area contributed by atoms with E-state index in [1.807, 2.05) is 25.1 Å². The van der Waals surface area contributed by atoms with E-state index < -0.39 is 0 Å². The van der Waals surface area contributed by atoms with E-state index in [4.69, 9.17) is 11.0 Å². The van der Waals surface area contributed by atoms with Crippen LogP contribution in [0.1, 0.15) is 29.9 Å². The van der Waals surface area contributed by atoms with Gasteiger partial charge in [-0.25, -0.2) is 9.50 Å². The minimum atomic E-state index is 0.382. The largest absolute Gasteiger partial charge is 0.369 e. The summed E-state index contributed by atoms with van der Waals surface area (Å²) in [6.45, 7) is 3.70. The summed E-state index contributed by atoms with van der Waals surface area (Å²) in [5, 5.41) is 13.5. The predicted molar refractivity (Wildman–Crippen MR) is 97.3 cm³/mol. The third-order valence-corrected chi connectivity index (χ3v) is 4.12. The van der Waals surface area contributed by atoms with Gasteiger partial charge in [-0.1, -0.05) is 0 Å². The number of aliphatic imine (C=N–C) groups is 2. The van der Waals surface area contributed by atoms with Crippen LogP contribution in [0.25, 0.3) is 11.7 Å². The number of nitrogens with zero attached hydrogens (tertiary/aromatic N) is 7. The first-order valence-corrected chi connectivity index (χ1v) is 8.13. The summed E-state index contributed by atoms with van der Waals surface area (Å²) >= 11 is 0. The SMILES string of the molecule is CN=C(/C=C/c1ccc2nc(C#N)c(C)n2n1)N=C(N)N1CCCC1. The fourth-order valence-corrected chi connectivity index (χ4v) is 2.71. The zero-order valence-electron chi connectivity index (χ0n) is 14.3. The molecule has 8 nitrogen and oxygen atoms in total. The monoisotopic (exact) mass is 336 g/mol. The van der Waals surface area contributed by atoms with E-state index in [-0.39, 0.29) is 0 Å². The molecule has 0 atom stereocenters. The molecule has 1 saturated heterocycles. The van der Waals surface area contributed by atoms with Crippen LogP contribution in [0.15, 0.2) is 28.2 Å². The Labute approximate surface area is 146 Å². The lowest BCUT2D eigenvalue weighted by Gasteiger charge is -2.15. The van der Waals surface area contributed by atoms with Crippen LogP contribution in [0.5, 0.6) is 0 Å². The number of nitrogens with two attached hydrogens (primary N) is 1. The molecule has 0 spiro atoms. The number of nitriles is 1. The van der Waals surface area contributed by atoms with Crippen molar-refractivity contribution in [3.63, 3.8) is 0 Å². The lowest BCUT2D eigenvalue weighted by atomic mass is 10.3. The fraction of sp³-hybridized carbons (Fsp3) is 0.353. The highest BCUT2D eigenvalue weighted by Gasteiger charge is 2.13. The van der Waals surface area contributed by atoms with E-state index in [9.17, 15) is 0 Å². The highest BCUT2D eigenvalue weighted by molar-refractivity contribution is 6.03. The summed E-state index contributed by atoms with van der Waals surface area (Å²) in [7, 11) is 1.68. The van der Waals surface area contributed by atoms with Gasteiger partial charge in [0.1, 0.15) is 6.07 Å². The van der Waals surface area contributed by atoms with Crippen molar-refractivity contribution in [1.82, 2.24) is 19.5 Å². The van der Waals surface area contributed by atoms with Gasteiger partial charge in [0.25, 0.3) is 0 Å². The van der Waals surface area contributed by atoms with Crippen molar-refractivity contribution in [2.75, 3.05) is 20.1 Å². The topological polar surface area (TPSA) is 108 Å². The summed E-state index contributed by atoms with van der Waals surface area (Å²) in [4.78, 5) is 14.8. The van der Waals surface area contributed by atoms with Gasteiger partial charge in [0.05, 0.1) is 11.4 Å². The summed E-state index contributed by atoms with van der Waals surface area (Å²) < 4.78 is 1.66. The van der Waals surface area contributed by atoms with Crippen LogP contribution >= 0.6 is 0 Å². The van der Waals surface area contributed by atoms with Crippen molar-refractivity contribution in [3.05, 3.63) is 35.3 Å². The van der Waals surface area contributed by atoms with E-state index in [1.165, 1.54) is 0 Å². The minimum absolute atomic E-state index is 0.382. The van der Waals surface area contributed by atoms with Gasteiger partial charge in [0.15, 0.2) is 23.1 Å². The molecule has 128 valence electrons. The van der Waals surface area contributed by atoms with Crippen LogP contribution in [0.2, 0.25) is 0 Å². The van der Waals surface area contributed by atoms with Crippen LogP contribution in [0.3, 0.4) is 0 Å². The molecule has 1 aliphatic rings. The summed E-state index contributed by atoms with van der Waals surface area (Å²) in [5.41, 5.74) is 8.50. The number of guanidine groups is 1. The van der Waals surface area contributed by atoms with Gasteiger partial charge < -0.3 is 10.6 Å². The van der Waals surface area contributed by atoms with Gasteiger partial charge in [-0.2, -0.15) is 15.4 Å². The van der Waals surface area contributed by atoms with Crippen molar-refractivity contribution in [3.8, 4) is 6.07 Å². The number of rotatable bonds is 2. The molecule has 3 rings (SSSR count). The van der Waals surface area contributed by atoms with Crippen molar-refractivity contribution >= 4 is 23.5 Å². The quantitative estimate of drug-likeness (QED) is 0.658. The molecule has 1 aliphatic heterocycles. The Hall–Kier alpha value is -3.21. The van der Waals surface area contributed by atoms with E-state index in [0.717, 1.165) is 25.9 Å². The van der Waals surface area contributed by atoms with Crippen LogP contribution in [-0.4, -0.2) is 51.4 Å². The molecule has 0 bridgehead atoms. The Morgan fingerprint density at radius 3 is 2.80 bits per heavy atom. The third-order valence-electron chi connectivity index (χ3n) is 4.12. The summed E-state index contributed by atoms with van der Waals surface area (Å²) in [6.07, 6.45) is 5.87. The van der Waals surface area contributed by atoms with Crippen molar-refractivity contribution in [2.24, 2.45) is 15.7 Å². The molecule has 2 N–H and O–H groups in total. The Bertz CT molecular complexity index is 907. The second-order valence-electron chi connectivity index (χ2n) is 5.77. The zero-order chi connectivity index (χ0) is 17.8.